The van der Waals surface area contributed by atoms with E-state index in [4.69, 9.17) is 39.5 Å². The lowest BCUT2D eigenvalue weighted by atomic mass is 10.0. The van der Waals surface area contributed by atoms with Gasteiger partial charge < -0.3 is 20.8 Å². The third-order valence-electron chi connectivity index (χ3n) is 6.87. The maximum absolute atomic E-state index is 9.92. The summed E-state index contributed by atoms with van der Waals surface area (Å²) in [7, 11) is 0. The summed E-state index contributed by atoms with van der Waals surface area (Å²) >= 11 is 23.3. The van der Waals surface area contributed by atoms with E-state index in [0.717, 1.165) is 27.0 Å². The molecule has 4 heterocycles. The first-order chi connectivity index (χ1) is 19.8. The van der Waals surface area contributed by atoms with Gasteiger partial charge in [0.1, 0.15) is 11.2 Å². The molecule has 2 aliphatic heterocycles. The molecule has 0 unspecified atom stereocenters. The van der Waals surface area contributed by atoms with Crippen molar-refractivity contribution in [1.29, 1.82) is 5.26 Å². The number of aromatic nitrogens is 2. The standard InChI is InChI=1S/C28H22BrCl3N8O/c1-14-2-3-17(6-22(14)30)36-25-15(8-33)9-34-26-20(25)5-18(7-23(26)31)37-27(21-4-16(29)10-35-28(21)32)24-11-40(39-38-24)19-12-41-13-19/h2-7,9-11,19,27,37-39H,12-13H2,1H3,(H,34,36)/t27-/m0/s1. The highest BCUT2D eigenvalue weighted by Crippen LogP contribution is 2.38. The zero-order chi connectivity index (χ0) is 28.7. The summed E-state index contributed by atoms with van der Waals surface area (Å²) in [5.41, 5.74) is 11.8. The van der Waals surface area contributed by atoms with Gasteiger partial charge in [-0.15, -0.1) is 5.53 Å². The maximum Gasteiger partial charge on any atom is 0.134 e. The smallest absolute Gasteiger partial charge is 0.134 e. The quantitative estimate of drug-likeness (QED) is 0.154. The van der Waals surface area contributed by atoms with E-state index in [-0.39, 0.29) is 6.04 Å². The van der Waals surface area contributed by atoms with Crippen LogP contribution in [0.15, 0.2) is 65.2 Å². The highest BCUT2D eigenvalue weighted by Gasteiger charge is 2.31. The van der Waals surface area contributed by atoms with Gasteiger partial charge in [0.2, 0.25) is 0 Å². The molecular formula is C28H22BrCl3N8O. The van der Waals surface area contributed by atoms with Crippen LogP contribution in [0, 0.1) is 18.3 Å². The molecule has 0 radical (unpaired) electrons. The van der Waals surface area contributed by atoms with E-state index in [0.29, 0.717) is 56.3 Å². The number of nitrogens with one attached hydrogen (secondary N) is 4. The third kappa shape index (κ3) is 5.62. The van der Waals surface area contributed by atoms with Crippen LogP contribution in [0.3, 0.4) is 0 Å². The Hall–Kier alpha value is -3.30. The van der Waals surface area contributed by atoms with Gasteiger partial charge in [0.25, 0.3) is 0 Å². The van der Waals surface area contributed by atoms with Crippen LogP contribution in [0.2, 0.25) is 15.2 Å². The number of fused-ring (bicyclic) bond motifs is 1. The first-order valence-corrected chi connectivity index (χ1v) is 14.5. The molecule has 2 aromatic heterocycles. The molecule has 0 aliphatic carbocycles. The Bertz CT molecular complexity index is 1740. The summed E-state index contributed by atoms with van der Waals surface area (Å²) in [6, 6.07) is 13.2. The van der Waals surface area contributed by atoms with E-state index in [9.17, 15) is 5.26 Å². The molecule has 41 heavy (non-hydrogen) atoms. The average Bonchev–Trinajstić information content (AvgIpc) is 3.39. The number of rotatable bonds is 7. The number of pyridine rings is 2. The van der Waals surface area contributed by atoms with Crippen molar-refractivity contribution in [2.45, 2.75) is 19.0 Å². The fraction of sp³-hybridized carbons (Fsp3) is 0.179. The Kier molecular flexibility index (Phi) is 7.83. The van der Waals surface area contributed by atoms with Gasteiger partial charge in [0.05, 0.1) is 52.8 Å². The summed E-state index contributed by atoms with van der Waals surface area (Å²) in [6.07, 6.45) is 5.13. The number of anilines is 3. The predicted molar refractivity (Wildman–Crippen MR) is 165 cm³/mol. The predicted octanol–water partition coefficient (Wildman–Crippen LogP) is 6.99. The molecule has 0 spiro atoms. The number of ether oxygens (including phenoxy) is 1. The molecule has 1 atom stereocenters. The number of halogens is 4. The average molecular weight is 673 g/mol. The first-order valence-electron chi connectivity index (χ1n) is 12.5. The fourth-order valence-corrected chi connectivity index (χ4v) is 5.59. The van der Waals surface area contributed by atoms with Crippen LogP contribution in [-0.4, -0.2) is 34.2 Å². The van der Waals surface area contributed by atoms with Crippen molar-refractivity contribution in [1.82, 2.24) is 25.9 Å². The maximum atomic E-state index is 9.92. The molecule has 208 valence electrons. The van der Waals surface area contributed by atoms with Gasteiger partial charge in [-0.3, -0.25) is 9.99 Å². The Morgan fingerprint density at radius 2 is 1.90 bits per heavy atom. The summed E-state index contributed by atoms with van der Waals surface area (Å²) in [5.74, 6) is 0. The molecule has 9 nitrogen and oxygen atoms in total. The van der Waals surface area contributed by atoms with Crippen molar-refractivity contribution in [2.24, 2.45) is 0 Å². The van der Waals surface area contributed by atoms with Crippen molar-refractivity contribution < 1.29 is 4.74 Å². The Morgan fingerprint density at radius 1 is 1.10 bits per heavy atom. The van der Waals surface area contributed by atoms with Crippen LogP contribution in [0.25, 0.3) is 10.9 Å². The van der Waals surface area contributed by atoms with Crippen molar-refractivity contribution in [2.75, 3.05) is 23.8 Å². The van der Waals surface area contributed by atoms with Gasteiger partial charge in [-0.1, -0.05) is 40.9 Å². The van der Waals surface area contributed by atoms with E-state index in [1.165, 1.54) is 6.20 Å². The lowest BCUT2D eigenvalue weighted by Crippen LogP contribution is -2.52. The number of aryl methyl sites for hydroxylation is 1. The van der Waals surface area contributed by atoms with Crippen LogP contribution in [-0.2, 0) is 4.74 Å². The van der Waals surface area contributed by atoms with E-state index < -0.39 is 6.04 Å². The summed E-state index contributed by atoms with van der Waals surface area (Å²) in [5, 5.41) is 20.8. The Labute approximate surface area is 259 Å². The van der Waals surface area contributed by atoms with E-state index in [1.807, 2.05) is 48.5 Å². The molecule has 0 saturated carbocycles. The van der Waals surface area contributed by atoms with Gasteiger partial charge in [-0.05, 0) is 58.7 Å². The molecule has 2 aromatic carbocycles. The second kappa shape index (κ2) is 11.5. The normalized spacial score (nSPS) is 15.6. The molecule has 4 aromatic rings. The first kappa shape index (κ1) is 27.8. The minimum Gasteiger partial charge on any atom is -0.377 e. The molecule has 13 heteroatoms. The lowest BCUT2D eigenvalue weighted by Gasteiger charge is -2.33. The SMILES string of the molecule is Cc1ccc(Nc2c(C#N)cnc3c(Cl)cc(N[C@H](C4=CN(C5COC5)NN4)c4cc(Br)cnc4Cl)cc23)cc1Cl. The summed E-state index contributed by atoms with van der Waals surface area (Å²) in [6.45, 7) is 3.19. The van der Waals surface area contributed by atoms with Crippen LogP contribution >= 0.6 is 50.7 Å². The van der Waals surface area contributed by atoms with Crippen molar-refractivity contribution >= 4 is 78.7 Å². The van der Waals surface area contributed by atoms with Crippen LogP contribution in [0.4, 0.5) is 17.1 Å². The molecule has 1 saturated heterocycles. The van der Waals surface area contributed by atoms with E-state index in [2.05, 4.69) is 53.6 Å². The second-order valence-electron chi connectivity index (χ2n) is 9.63. The van der Waals surface area contributed by atoms with Gasteiger partial charge in [-0.25, -0.2) is 4.98 Å². The van der Waals surface area contributed by atoms with Crippen molar-refractivity contribution in [3.05, 3.63) is 97.1 Å². The minimum atomic E-state index is -0.445. The van der Waals surface area contributed by atoms with Crippen molar-refractivity contribution in [3.8, 4) is 6.07 Å². The minimum absolute atomic E-state index is 0.214. The third-order valence-corrected chi connectivity index (χ3v) is 8.32. The molecular weight excluding hydrogens is 651 g/mol. The van der Waals surface area contributed by atoms with Gasteiger partial charge in [-0.2, -0.15) is 5.26 Å². The van der Waals surface area contributed by atoms with E-state index in [1.54, 1.807) is 12.3 Å². The monoisotopic (exact) mass is 670 g/mol. The van der Waals surface area contributed by atoms with Crippen LogP contribution in [0.1, 0.15) is 22.7 Å². The van der Waals surface area contributed by atoms with Gasteiger partial charge >= 0.3 is 0 Å². The Balaban J connectivity index is 1.43. The molecule has 0 amide bonds. The van der Waals surface area contributed by atoms with Crippen molar-refractivity contribution in [3.63, 3.8) is 0 Å². The molecule has 2 aliphatic rings. The fourth-order valence-electron chi connectivity index (χ4n) is 4.58. The molecule has 1 fully saturated rings. The summed E-state index contributed by atoms with van der Waals surface area (Å²) < 4.78 is 6.13. The highest BCUT2D eigenvalue weighted by molar-refractivity contribution is 9.10. The number of nitrogens with zero attached hydrogens (tertiary/aromatic N) is 4. The Morgan fingerprint density at radius 3 is 2.63 bits per heavy atom. The number of nitriles is 1. The molecule has 6 rings (SSSR count). The van der Waals surface area contributed by atoms with Crippen LogP contribution < -0.4 is 21.6 Å². The zero-order valence-corrected chi connectivity index (χ0v) is 25.3. The van der Waals surface area contributed by atoms with Gasteiger partial charge in [0.15, 0.2) is 0 Å². The topological polar surface area (TPSA) is 110 Å². The summed E-state index contributed by atoms with van der Waals surface area (Å²) in [4.78, 5) is 8.81. The largest absolute Gasteiger partial charge is 0.377 e. The number of hydrazine groups is 2. The van der Waals surface area contributed by atoms with Crippen LogP contribution in [0.5, 0.6) is 0 Å². The molecule has 0 bridgehead atoms. The second-order valence-corrected chi connectivity index (χ2v) is 11.7. The zero-order valence-electron chi connectivity index (χ0n) is 21.5. The molecule has 4 N–H and O–H groups in total. The number of benzene rings is 2. The number of hydrogen-bond donors (Lipinski definition) is 4. The highest BCUT2D eigenvalue weighted by atomic mass is 79.9. The lowest BCUT2D eigenvalue weighted by molar-refractivity contribution is -0.0635. The number of hydrogen-bond acceptors (Lipinski definition) is 9. The van der Waals surface area contributed by atoms with Gasteiger partial charge in [0, 0.05) is 50.4 Å². The van der Waals surface area contributed by atoms with E-state index >= 15 is 0 Å².